The molecule has 0 aliphatic rings. The van der Waals surface area contributed by atoms with Crippen LogP contribution in [0.1, 0.15) is 59.1 Å². The third kappa shape index (κ3) is 12.5. The van der Waals surface area contributed by atoms with E-state index in [-0.39, 0.29) is 18.8 Å². The number of anilines is 1. The molecule has 0 aliphatic carbocycles. The van der Waals surface area contributed by atoms with Gasteiger partial charge in [0.15, 0.2) is 8.32 Å². The topological polar surface area (TPSA) is 92.3 Å². The Bertz CT molecular complexity index is 1990. The first-order chi connectivity index (χ1) is 31.0. The SMILES string of the molecule is C=CCOC(=O)/C=C/C[C@H](C)[C@H](OC(=O)Nc1ccc(OC)cc1)c1ccc(OCCO[Si](CCC(F)(F)C(F)(F)C(F)(F)C(F)(F)C(F)(F)C(F)(F)C(F)(F)C(F)(F)F)(C(C)C)C(C)C)cc1. The highest BCUT2D eigenvalue weighted by molar-refractivity contribution is 6.76. The van der Waals surface area contributed by atoms with E-state index in [4.69, 9.17) is 23.4 Å². The maximum Gasteiger partial charge on any atom is 0.460 e. The van der Waals surface area contributed by atoms with Crippen molar-refractivity contribution in [1.29, 1.82) is 0 Å². The molecule has 68 heavy (non-hydrogen) atoms. The molecule has 0 fully saturated rings. The van der Waals surface area contributed by atoms with Gasteiger partial charge in [0.2, 0.25) is 0 Å². The summed E-state index contributed by atoms with van der Waals surface area (Å²) >= 11 is 0. The van der Waals surface area contributed by atoms with Crippen LogP contribution in [-0.2, 0) is 18.7 Å². The molecule has 2 aromatic carbocycles. The fourth-order valence-electron chi connectivity index (χ4n) is 6.64. The molecule has 0 saturated carbocycles. The van der Waals surface area contributed by atoms with E-state index in [0.29, 0.717) is 17.0 Å². The van der Waals surface area contributed by atoms with Gasteiger partial charge in [-0.15, -0.1) is 0 Å². The molecule has 0 unspecified atom stereocenters. The van der Waals surface area contributed by atoms with Gasteiger partial charge in [0.1, 0.15) is 30.8 Å². The Labute approximate surface area is 380 Å². The number of amides is 1. The van der Waals surface area contributed by atoms with Crippen LogP contribution in [0.15, 0.2) is 73.3 Å². The number of hydrogen-bond acceptors (Lipinski definition) is 7. The van der Waals surface area contributed by atoms with Gasteiger partial charge in [-0.2, -0.15) is 74.6 Å². The van der Waals surface area contributed by atoms with Gasteiger partial charge < -0.3 is 23.4 Å². The molecule has 8 nitrogen and oxygen atoms in total. The second-order valence-electron chi connectivity index (χ2n) is 15.9. The van der Waals surface area contributed by atoms with Gasteiger partial charge in [0.25, 0.3) is 0 Å². The van der Waals surface area contributed by atoms with Gasteiger partial charge >= 0.3 is 59.7 Å². The first-order valence-electron chi connectivity index (χ1n) is 20.1. The molecule has 0 aliphatic heterocycles. The van der Waals surface area contributed by atoms with Crippen molar-refractivity contribution in [3.8, 4) is 11.5 Å². The summed E-state index contributed by atoms with van der Waals surface area (Å²) in [5.74, 6) is -57.4. The average molecular weight is 1030 g/mol. The summed E-state index contributed by atoms with van der Waals surface area (Å²) in [5, 5.41) is 2.57. The Morgan fingerprint density at radius 2 is 1.16 bits per heavy atom. The zero-order valence-electron chi connectivity index (χ0n) is 36.9. The minimum absolute atomic E-state index is 0.0349. The average Bonchev–Trinajstić information content (AvgIpc) is 3.23. The summed E-state index contributed by atoms with van der Waals surface area (Å²) < 4.78 is 263. The fourth-order valence-corrected chi connectivity index (χ4v) is 11.1. The van der Waals surface area contributed by atoms with Crippen molar-refractivity contribution in [2.75, 3.05) is 32.2 Å². The van der Waals surface area contributed by atoms with Crippen LogP contribution in [0.5, 0.6) is 11.5 Å². The van der Waals surface area contributed by atoms with Crippen molar-refractivity contribution in [1.82, 2.24) is 0 Å². The number of methoxy groups -OCH3 is 1. The lowest BCUT2D eigenvalue weighted by atomic mass is 9.88. The molecule has 26 heteroatoms. The lowest BCUT2D eigenvalue weighted by molar-refractivity contribution is -0.461. The number of halogens is 17. The second kappa shape index (κ2) is 22.3. The zero-order chi connectivity index (χ0) is 52.5. The number of nitrogens with one attached hydrogen (secondary N) is 1. The number of alkyl halides is 17. The molecule has 2 rings (SSSR count). The third-order valence-electron chi connectivity index (χ3n) is 10.7. The van der Waals surface area contributed by atoms with E-state index in [1.165, 1.54) is 77.3 Å². The summed E-state index contributed by atoms with van der Waals surface area (Å²) in [6.07, 6.45) is -8.02. The Morgan fingerprint density at radius 3 is 1.63 bits per heavy atom. The maximum atomic E-state index is 15.0. The first-order valence-corrected chi connectivity index (χ1v) is 22.4. The van der Waals surface area contributed by atoms with Crippen LogP contribution in [-0.4, -0.2) is 94.9 Å². The first kappa shape index (κ1) is 59.4. The van der Waals surface area contributed by atoms with Crippen LogP contribution in [0, 0.1) is 5.92 Å². The van der Waals surface area contributed by atoms with Crippen LogP contribution in [0.2, 0.25) is 17.1 Å². The highest BCUT2D eigenvalue weighted by Crippen LogP contribution is 2.64. The van der Waals surface area contributed by atoms with Crippen molar-refractivity contribution >= 4 is 26.1 Å². The summed E-state index contributed by atoms with van der Waals surface area (Å²) in [4.78, 5) is 24.9. The molecule has 0 bridgehead atoms. The van der Waals surface area contributed by atoms with E-state index in [1.54, 1.807) is 31.2 Å². The number of esters is 1. The predicted octanol–water partition coefficient (Wildman–Crippen LogP) is 13.9. The largest absolute Gasteiger partial charge is 0.497 e. The van der Waals surface area contributed by atoms with Gasteiger partial charge in [-0.1, -0.05) is 65.5 Å². The molecule has 1 amide bonds. The second-order valence-corrected chi connectivity index (χ2v) is 20.9. The highest BCUT2D eigenvalue weighted by Gasteiger charge is 2.95. The summed E-state index contributed by atoms with van der Waals surface area (Å²) in [6, 6.07) is 10.7. The number of rotatable bonds is 26. The molecule has 0 aromatic heterocycles. The standard InChI is InChI=1S/C42H48F17NO7Si/c1-8-21-65-32(61)11-9-10-27(6)33(67-34(62)60-29-14-18-30(63-7)19-15-29)28-12-16-31(17-13-28)64-22-23-66-68(25(2)3,26(4)5)24-20-35(43,44)36(45,46)37(47,48)38(49,50)39(51,52)40(53,54)41(55,56)42(57,58)59/h8-9,11-19,25-27,33H,1,10,20-24H2,2-7H3,(H,60,62)/b11-9+/t27-,33-/m0/s1. The lowest BCUT2D eigenvalue weighted by Gasteiger charge is -2.44. The van der Waals surface area contributed by atoms with Crippen LogP contribution in [0.25, 0.3) is 0 Å². The highest BCUT2D eigenvalue weighted by atomic mass is 28.4. The molecule has 0 radical (unpaired) electrons. The zero-order valence-corrected chi connectivity index (χ0v) is 37.9. The van der Waals surface area contributed by atoms with Gasteiger partial charge in [0, 0.05) is 24.1 Å². The van der Waals surface area contributed by atoms with Gasteiger partial charge in [0.05, 0.1) is 13.7 Å². The number of benzene rings is 2. The summed E-state index contributed by atoms with van der Waals surface area (Å²) in [5.41, 5.74) is -1.02. The van der Waals surface area contributed by atoms with Crippen molar-refractivity contribution in [3.63, 3.8) is 0 Å². The van der Waals surface area contributed by atoms with E-state index in [0.717, 1.165) is 0 Å². The van der Waals surface area contributed by atoms with E-state index in [9.17, 15) is 75.4 Å². The normalized spacial score (nSPS) is 14.8. The van der Waals surface area contributed by atoms with Crippen molar-refractivity contribution in [3.05, 3.63) is 78.9 Å². The summed E-state index contributed by atoms with van der Waals surface area (Å²) in [6.45, 7) is 9.41. The molecule has 2 atom stereocenters. The van der Waals surface area contributed by atoms with Crippen molar-refractivity contribution < 1.29 is 108 Å². The van der Waals surface area contributed by atoms with Crippen molar-refractivity contribution in [2.24, 2.45) is 5.92 Å². The minimum atomic E-state index is -8.70. The molecule has 1 N–H and O–H groups in total. The summed E-state index contributed by atoms with van der Waals surface area (Å²) in [7, 11) is -2.58. The van der Waals surface area contributed by atoms with Gasteiger partial charge in [-0.05, 0) is 65.5 Å². The van der Waals surface area contributed by atoms with E-state index >= 15 is 8.78 Å². The molecule has 2 aromatic rings. The third-order valence-corrected chi connectivity index (χ3v) is 16.4. The number of allylic oxidation sites excluding steroid dienone is 1. The quantitative estimate of drug-likeness (QED) is 0.0251. The molecule has 0 spiro atoms. The van der Waals surface area contributed by atoms with E-state index in [2.05, 4.69) is 11.9 Å². The Hall–Kier alpha value is -4.75. The lowest BCUT2D eigenvalue weighted by Crippen LogP contribution is -2.74. The van der Waals surface area contributed by atoms with Crippen LogP contribution >= 0.6 is 0 Å². The van der Waals surface area contributed by atoms with Crippen LogP contribution < -0.4 is 14.8 Å². The number of carbonyl (C=O) groups is 2. The minimum Gasteiger partial charge on any atom is -0.497 e. The van der Waals surface area contributed by atoms with Crippen LogP contribution in [0.4, 0.5) is 85.1 Å². The van der Waals surface area contributed by atoms with Crippen LogP contribution in [0.3, 0.4) is 0 Å². The Morgan fingerprint density at radius 1 is 0.676 bits per heavy atom. The number of ether oxygens (including phenoxy) is 4. The molecule has 0 saturated heterocycles. The van der Waals surface area contributed by atoms with E-state index < -0.39 is 117 Å². The predicted molar refractivity (Wildman–Crippen MR) is 214 cm³/mol. The van der Waals surface area contributed by atoms with Gasteiger partial charge in [-0.25, -0.2) is 9.59 Å². The Balaban J connectivity index is 2.30. The number of carbonyl (C=O) groups excluding carboxylic acids is 2. The molecule has 386 valence electrons. The molecular weight excluding hydrogens is 982 g/mol. The van der Waals surface area contributed by atoms with E-state index in [1.807, 2.05) is 0 Å². The van der Waals surface area contributed by atoms with Gasteiger partial charge in [-0.3, -0.25) is 5.32 Å². The molecule has 0 heterocycles. The number of hydrogen-bond donors (Lipinski definition) is 1. The fraction of sp³-hybridized carbons (Fsp3) is 0.571. The maximum absolute atomic E-state index is 15.0. The monoisotopic (exact) mass is 1030 g/mol. The van der Waals surface area contributed by atoms with Crippen molar-refractivity contribution in [2.45, 2.75) is 118 Å². The molecular formula is C42H48F17NO7Si. The Kier molecular flexibility index (Phi) is 19.5. The smallest absolute Gasteiger partial charge is 0.460 e.